The molecule has 0 saturated heterocycles. The first-order chi connectivity index (χ1) is 14.2. The zero-order valence-corrected chi connectivity index (χ0v) is 17.1. The molecule has 3 aromatic rings. The molecule has 7 heteroatoms. The summed E-state index contributed by atoms with van der Waals surface area (Å²) in [5.41, 5.74) is 2.53. The fourth-order valence-corrected chi connectivity index (χ4v) is 3.62. The van der Waals surface area contributed by atoms with E-state index in [0.29, 0.717) is 23.1 Å². The van der Waals surface area contributed by atoms with Crippen molar-refractivity contribution in [2.45, 2.75) is 19.8 Å². The predicted octanol–water partition coefficient (Wildman–Crippen LogP) is 4.56. The van der Waals surface area contributed by atoms with Crippen LogP contribution in [0.25, 0.3) is 0 Å². The minimum Gasteiger partial charge on any atom is -0.361 e. The van der Waals surface area contributed by atoms with E-state index in [4.69, 9.17) is 0 Å². The lowest BCUT2D eigenvalue weighted by Gasteiger charge is -2.07. The molecule has 0 bridgehead atoms. The lowest BCUT2D eigenvalue weighted by molar-refractivity contribution is 0.104. The Morgan fingerprint density at radius 2 is 1.76 bits per heavy atom. The molecular weight excluding hydrogens is 384 g/mol. The number of nitrogens with one attached hydrogen (secondary N) is 3. The fraction of sp³-hybridized carbons (Fsp3) is 0.227. The number of hydrogen-bond acceptors (Lipinski definition) is 5. The summed E-state index contributed by atoms with van der Waals surface area (Å²) in [7, 11) is 0. The molecule has 0 fully saturated rings. The summed E-state index contributed by atoms with van der Waals surface area (Å²) in [6.07, 6.45) is 3.17. The SMILES string of the molecule is CCc1ccccc1C(=O)c1cnc(NCCCNC(=O)Nc2ccccc2)s1. The van der Waals surface area contributed by atoms with Gasteiger partial charge in [0, 0.05) is 24.3 Å². The molecule has 150 valence electrons. The molecule has 0 aliphatic rings. The van der Waals surface area contributed by atoms with Crippen molar-refractivity contribution in [1.29, 1.82) is 0 Å². The minimum absolute atomic E-state index is 0.00671. The summed E-state index contributed by atoms with van der Waals surface area (Å²) >= 11 is 1.35. The first kappa shape index (κ1) is 20.5. The molecule has 0 aliphatic carbocycles. The van der Waals surface area contributed by atoms with Gasteiger partial charge in [0.25, 0.3) is 0 Å². The Kier molecular flexibility index (Phi) is 7.35. The van der Waals surface area contributed by atoms with Gasteiger partial charge in [-0.2, -0.15) is 0 Å². The van der Waals surface area contributed by atoms with Crippen molar-refractivity contribution < 1.29 is 9.59 Å². The Bertz CT molecular complexity index is 956. The lowest BCUT2D eigenvalue weighted by Crippen LogP contribution is -2.30. The molecule has 6 nitrogen and oxygen atoms in total. The van der Waals surface area contributed by atoms with Crippen molar-refractivity contribution in [3.05, 3.63) is 76.8 Å². The molecule has 0 aliphatic heterocycles. The Hall–Kier alpha value is -3.19. The van der Waals surface area contributed by atoms with E-state index in [9.17, 15) is 9.59 Å². The number of anilines is 2. The third kappa shape index (κ3) is 5.89. The van der Waals surface area contributed by atoms with Gasteiger partial charge in [-0.1, -0.05) is 60.7 Å². The summed E-state index contributed by atoms with van der Waals surface area (Å²) in [6, 6.07) is 16.7. The van der Waals surface area contributed by atoms with Gasteiger partial charge in [-0.25, -0.2) is 9.78 Å². The van der Waals surface area contributed by atoms with Gasteiger partial charge in [-0.3, -0.25) is 4.79 Å². The zero-order chi connectivity index (χ0) is 20.5. The molecular formula is C22H24N4O2S. The maximum Gasteiger partial charge on any atom is 0.319 e. The van der Waals surface area contributed by atoms with Gasteiger partial charge in [0.05, 0.1) is 11.1 Å². The molecule has 1 heterocycles. The molecule has 3 rings (SSSR count). The average Bonchev–Trinajstić information content (AvgIpc) is 3.22. The van der Waals surface area contributed by atoms with Crippen LogP contribution in [0.3, 0.4) is 0 Å². The van der Waals surface area contributed by atoms with Crippen molar-refractivity contribution in [2.24, 2.45) is 0 Å². The normalized spacial score (nSPS) is 10.4. The van der Waals surface area contributed by atoms with Gasteiger partial charge in [0.15, 0.2) is 5.13 Å². The number of nitrogens with zero attached hydrogens (tertiary/aromatic N) is 1. The molecule has 3 N–H and O–H groups in total. The number of carbonyl (C=O) groups is 2. The molecule has 29 heavy (non-hydrogen) atoms. The quantitative estimate of drug-likeness (QED) is 0.358. The summed E-state index contributed by atoms with van der Waals surface area (Å²) < 4.78 is 0. The molecule has 0 spiro atoms. The van der Waals surface area contributed by atoms with Crippen molar-refractivity contribution in [3.63, 3.8) is 0 Å². The highest BCUT2D eigenvalue weighted by molar-refractivity contribution is 7.17. The lowest BCUT2D eigenvalue weighted by atomic mass is 10.0. The number of ketones is 1. The Morgan fingerprint density at radius 3 is 2.55 bits per heavy atom. The minimum atomic E-state index is -0.229. The fourth-order valence-electron chi connectivity index (χ4n) is 2.83. The van der Waals surface area contributed by atoms with Gasteiger partial charge in [0.1, 0.15) is 0 Å². The van der Waals surface area contributed by atoms with Crippen molar-refractivity contribution in [1.82, 2.24) is 10.3 Å². The standard InChI is InChI=1S/C22H24N4O2S/c1-2-16-9-6-7-12-18(16)20(27)19-15-25-22(29-19)24-14-8-13-23-21(28)26-17-10-4-3-5-11-17/h3-7,9-12,15H,2,8,13-14H2,1H3,(H,24,25)(H2,23,26,28). The second kappa shape index (κ2) is 10.4. The Labute approximate surface area is 174 Å². The van der Waals surface area contributed by atoms with E-state index in [-0.39, 0.29) is 11.8 Å². The van der Waals surface area contributed by atoms with Gasteiger partial charge < -0.3 is 16.0 Å². The van der Waals surface area contributed by atoms with Gasteiger partial charge in [-0.05, 0) is 30.5 Å². The third-order valence-electron chi connectivity index (χ3n) is 4.32. The molecule has 2 amide bonds. The van der Waals surface area contributed by atoms with Gasteiger partial charge >= 0.3 is 6.03 Å². The maximum atomic E-state index is 12.7. The Morgan fingerprint density at radius 1 is 1.00 bits per heavy atom. The van der Waals surface area contributed by atoms with Crippen molar-refractivity contribution in [3.8, 4) is 0 Å². The first-order valence-electron chi connectivity index (χ1n) is 9.59. The topological polar surface area (TPSA) is 83.1 Å². The van der Waals surface area contributed by atoms with Crippen LogP contribution in [0.1, 0.15) is 34.1 Å². The smallest absolute Gasteiger partial charge is 0.319 e. The summed E-state index contributed by atoms with van der Waals surface area (Å²) in [6.45, 7) is 3.23. The van der Waals surface area contributed by atoms with E-state index in [2.05, 4.69) is 20.9 Å². The summed E-state index contributed by atoms with van der Waals surface area (Å²) in [5, 5.41) is 9.50. The van der Waals surface area contributed by atoms with E-state index in [1.807, 2.05) is 61.5 Å². The van der Waals surface area contributed by atoms with Crippen LogP contribution < -0.4 is 16.0 Å². The molecule has 0 atom stereocenters. The number of aromatic nitrogens is 1. The Balaban J connectivity index is 1.41. The molecule has 0 radical (unpaired) electrons. The van der Waals surface area contributed by atoms with Crippen LogP contribution >= 0.6 is 11.3 Å². The largest absolute Gasteiger partial charge is 0.361 e. The maximum absolute atomic E-state index is 12.7. The van der Waals surface area contributed by atoms with Crippen molar-refractivity contribution >= 4 is 34.0 Å². The summed E-state index contributed by atoms with van der Waals surface area (Å²) in [4.78, 5) is 29.5. The number of carbonyl (C=O) groups excluding carboxylic acids is 2. The second-order valence-electron chi connectivity index (χ2n) is 6.40. The monoisotopic (exact) mass is 408 g/mol. The number of rotatable bonds is 9. The zero-order valence-electron chi connectivity index (χ0n) is 16.3. The van der Waals surface area contributed by atoms with Gasteiger partial charge in [-0.15, -0.1) is 0 Å². The van der Waals surface area contributed by atoms with Crippen LogP contribution in [-0.2, 0) is 6.42 Å². The van der Waals surface area contributed by atoms with Crippen LogP contribution in [0, 0.1) is 0 Å². The third-order valence-corrected chi connectivity index (χ3v) is 5.27. The molecule has 0 saturated carbocycles. The highest BCUT2D eigenvalue weighted by Gasteiger charge is 2.15. The van der Waals surface area contributed by atoms with Crippen LogP contribution in [0.15, 0.2) is 60.8 Å². The van der Waals surface area contributed by atoms with Crippen LogP contribution in [-0.4, -0.2) is 29.9 Å². The van der Waals surface area contributed by atoms with E-state index in [1.54, 1.807) is 6.20 Å². The van der Waals surface area contributed by atoms with E-state index in [1.165, 1.54) is 11.3 Å². The first-order valence-corrected chi connectivity index (χ1v) is 10.4. The van der Waals surface area contributed by atoms with E-state index < -0.39 is 0 Å². The number of urea groups is 1. The molecule has 2 aromatic carbocycles. The second-order valence-corrected chi connectivity index (χ2v) is 7.43. The van der Waals surface area contributed by atoms with Crippen LogP contribution in [0.2, 0.25) is 0 Å². The molecule has 0 unspecified atom stereocenters. The van der Waals surface area contributed by atoms with E-state index in [0.717, 1.165) is 29.7 Å². The number of para-hydroxylation sites is 1. The average molecular weight is 409 g/mol. The summed E-state index contributed by atoms with van der Waals surface area (Å²) in [5.74, 6) is 0.00671. The van der Waals surface area contributed by atoms with E-state index >= 15 is 0 Å². The number of aryl methyl sites for hydroxylation is 1. The predicted molar refractivity (Wildman–Crippen MR) is 118 cm³/mol. The van der Waals surface area contributed by atoms with Crippen molar-refractivity contribution in [2.75, 3.05) is 23.7 Å². The number of benzene rings is 2. The number of amides is 2. The van der Waals surface area contributed by atoms with Crippen LogP contribution in [0.4, 0.5) is 15.6 Å². The molecule has 1 aromatic heterocycles. The van der Waals surface area contributed by atoms with Crippen LogP contribution in [0.5, 0.6) is 0 Å². The number of thiazole rings is 1. The highest BCUT2D eigenvalue weighted by atomic mass is 32.1. The van der Waals surface area contributed by atoms with Gasteiger partial charge in [0.2, 0.25) is 5.78 Å². The number of hydrogen-bond donors (Lipinski definition) is 3. The highest BCUT2D eigenvalue weighted by Crippen LogP contribution is 2.23.